The Hall–Kier alpha value is -2.63. The molecule has 0 aromatic heterocycles. The fourth-order valence-corrected chi connectivity index (χ4v) is 4.76. The van der Waals surface area contributed by atoms with E-state index in [0.717, 1.165) is 10.4 Å². The second-order valence-corrected chi connectivity index (χ2v) is 9.82. The number of hydrogen-bond acceptors (Lipinski definition) is 6. The van der Waals surface area contributed by atoms with E-state index in [9.17, 15) is 21.6 Å². The number of carbonyl (C=O) groups is 1. The first-order valence-corrected chi connectivity index (χ1v) is 10.8. The van der Waals surface area contributed by atoms with Crippen LogP contribution in [0.3, 0.4) is 0 Å². The lowest BCUT2D eigenvalue weighted by Gasteiger charge is -2.16. The second kappa shape index (κ2) is 7.78. The smallest absolute Gasteiger partial charge is 0.335 e. The van der Waals surface area contributed by atoms with Crippen molar-refractivity contribution in [1.29, 1.82) is 0 Å². The molecule has 2 N–H and O–H groups in total. The highest BCUT2D eigenvalue weighted by Gasteiger charge is 2.24. The van der Waals surface area contributed by atoms with E-state index in [2.05, 4.69) is 4.72 Å². The van der Waals surface area contributed by atoms with Crippen LogP contribution in [0, 0.1) is 6.92 Å². The van der Waals surface area contributed by atoms with Gasteiger partial charge in [0.05, 0.1) is 23.3 Å². The van der Waals surface area contributed by atoms with E-state index >= 15 is 0 Å². The Bertz CT molecular complexity index is 1120. The summed E-state index contributed by atoms with van der Waals surface area (Å²) in [6, 6.07) is 7.50. The molecule has 0 aliphatic carbocycles. The van der Waals surface area contributed by atoms with Gasteiger partial charge in [0.15, 0.2) is 0 Å². The summed E-state index contributed by atoms with van der Waals surface area (Å²) in [5, 5.41) is 9.11. The fourth-order valence-electron chi connectivity index (χ4n) is 2.37. The lowest BCUT2D eigenvalue weighted by atomic mass is 10.2. The van der Waals surface area contributed by atoms with Crippen molar-refractivity contribution in [3.05, 3.63) is 47.5 Å². The van der Waals surface area contributed by atoms with Crippen molar-refractivity contribution in [1.82, 2.24) is 4.31 Å². The van der Waals surface area contributed by atoms with Crippen LogP contribution in [-0.4, -0.2) is 53.4 Å². The van der Waals surface area contributed by atoms with Gasteiger partial charge in [-0.2, -0.15) is 0 Å². The van der Waals surface area contributed by atoms with Crippen molar-refractivity contribution >= 4 is 31.7 Å². The number of aromatic carboxylic acids is 1. The third-order valence-electron chi connectivity index (χ3n) is 3.90. The molecule has 2 aromatic carbocycles. The first-order valence-electron chi connectivity index (χ1n) is 7.87. The van der Waals surface area contributed by atoms with Crippen molar-refractivity contribution < 1.29 is 31.5 Å². The van der Waals surface area contributed by atoms with Crippen LogP contribution in [-0.2, 0) is 20.0 Å². The van der Waals surface area contributed by atoms with Crippen molar-refractivity contribution in [2.75, 3.05) is 25.9 Å². The number of aryl methyl sites for hydroxylation is 1. The highest BCUT2D eigenvalue weighted by Crippen LogP contribution is 2.29. The van der Waals surface area contributed by atoms with Gasteiger partial charge in [-0.05, 0) is 42.8 Å². The molecule has 0 amide bonds. The molecule has 0 unspecified atom stereocenters. The predicted molar refractivity (Wildman–Crippen MR) is 103 cm³/mol. The molecule has 2 rings (SSSR count). The number of sulfonamides is 2. The quantitative estimate of drug-likeness (QED) is 0.687. The maximum absolute atomic E-state index is 12.8. The molecule has 0 radical (unpaired) electrons. The highest BCUT2D eigenvalue weighted by atomic mass is 32.2. The fraction of sp³-hybridized carbons (Fsp3) is 0.235. The number of carboxylic acid groups (broad SMARTS) is 1. The summed E-state index contributed by atoms with van der Waals surface area (Å²) in [6.45, 7) is 1.59. The average Bonchev–Trinajstić information content (AvgIpc) is 2.62. The Balaban J connectivity index is 2.54. The van der Waals surface area contributed by atoms with Gasteiger partial charge in [-0.25, -0.2) is 25.9 Å². The van der Waals surface area contributed by atoms with E-state index in [1.165, 1.54) is 51.5 Å². The van der Waals surface area contributed by atoms with Crippen LogP contribution in [0.1, 0.15) is 15.9 Å². The average molecular weight is 428 g/mol. The van der Waals surface area contributed by atoms with E-state index < -0.39 is 26.0 Å². The van der Waals surface area contributed by atoms with Crippen LogP contribution in [0.25, 0.3) is 0 Å². The zero-order valence-corrected chi connectivity index (χ0v) is 17.3. The van der Waals surface area contributed by atoms with Gasteiger partial charge in [0.25, 0.3) is 10.0 Å². The zero-order chi connectivity index (χ0) is 21.3. The predicted octanol–water partition coefficient (Wildman–Crippen LogP) is 1.75. The number of hydrogen-bond donors (Lipinski definition) is 2. The molecule has 2 aromatic rings. The lowest BCUT2D eigenvalue weighted by molar-refractivity contribution is 0.0696. The van der Waals surface area contributed by atoms with Gasteiger partial charge in [0, 0.05) is 14.1 Å². The number of carboxylic acids is 1. The van der Waals surface area contributed by atoms with Crippen molar-refractivity contribution in [2.24, 2.45) is 0 Å². The number of methoxy groups -OCH3 is 1. The van der Waals surface area contributed by atoms with Crippen molar-refractivity contribution in [3.8, 4) is 5.75 Å². The van der Waals surface area contributed by atoms with E-state index in [0.29, 0.717) is 5.56 Å². The minimum absolute atomic E-state index is 0.00815. The first kappa shape index (κ1) is 21.7. The minimum atomic E-state index is -4.25. The summed E-state index contributed by atoms with van der Waals surface area (Å²) in [5.74, 6) is -1.35. The zero-order valence-electron chi connectivity index (χ0n) is 15.6. The number of nitrogens with one attached hydrogen (secondary N) is 1. The highest BCUT2D eigenvalue weighted by molar-refractivity contribution is 7.92. The summed E-state index contributed by atoms with van der Waals surface area (Å²) in [7, 11) is -4.05. The van der Waals surface area contributed by atoms with Crippen molar-refractivity contribution in [2.45, 2.75) is 16.7 Å². The molecule has 0 heterocycles. The van der Waals surface area contributed by atoms with E-state index in [4.69, 9.17) is 9.84 Å². The molecular formula is C17H20N2O7S2. The molecule has 0 fully saturated rings. The van der Waals surface area contributed by atoms with Crippen LogP contribution in [0.2, 0.25) is 0 Å². The summed E-state index contributed by atoms with van der Waals surface area (Å²) in [4.78, 5) is 10.7. The number of nitrogens with zero attached hydrogens (tertiary/aromatic N) is 1. The molecule has 0 saturated heterocycles. The molecule has 152 valence electrons. The SMILES string of the molecule is COc1ccc(C(=O)O)cc1S(=O)(=O)Nc1ccc(C)c(S(=O)(=O)N(C)C)c1. The monoisotopic (exact) mass is 428 g/mol. The van der Waals surface area contributed by atoms with Crippen molar-refractivity contribution in [3.63, 3.8) is 0 Å². The standard InChI is InChI=1S/C17H20N2O7S2/c1-11-5-7-13(10-15(11)28(24,25)19(2)3)18-27(22,23)16-9-12(17(20)21)6-8-14(16)26-4/h5-10,18H,1-4H3,(H,20,21). The molecule has 0 aliphatic heterocycles. The maximum atomic E-state index is 12.8. The topological polar surface area (TPSA) is 130 Å². The summed E-state index contributed by atoms with van der Waals surface area (Å²) in [5.41, 5.74) is 0.219. The lowest BCUT2D eigenvalue weighted by Crippen LogP contribution is -2.23. The van der Waals surface area contributed by atoms with Gasteiger partial charge in [-0.3, -0.25) is 4.72 Å². The summed E-state index contributed by atoms with van der Waals surface area (Å²) < 4.78 is 58.7. The number of anilines is 1. The van der Waals surface area contributed by atoms with Gasteiger partial charge < -0.3 is 9.84 Å². The Labute approximate surface area is 163 Å². The molecule has 9 nitrogen and oxygen atoms in total. The Morgan fingerprint density at radius 2 is 1.68 bits per heavy atom. The summed E-state index contributed by atoms with van der Waals surface area (Å²) in [6.07, 6.45) is 0. The molecule has 0 atom stereocenters. The van der Waals surface area contributed by atoms with Crippen LogP contribution in [0.4, 0.5) is 5.69 Å². The summed E-state index contributed by atoms with van der Waals surface area (Å²) >= 11 is 0. The number of benzene rings is 2. The van der Waals surface area contributed by atoms with E-state index in [1.54, 1.807) is 6.92 Å². The van der Waals surface area contributed by atoms with E-state index in [-0.39, 0.29) is 26.8 Å². The second-order valence-electron chi connectivity index (χ2n) is 6.04. The van der Waals surface area contributed by atoms with Crippen LogP contribution in [0.15, 0.2) is 46.2 Å². The minimum Gasteiger partial charge on any atom is -0.495 e. The van der Waals surface area contributed by atoms with Gasteiger partial charge in [-0.15, -0.1) is 0 Å². The molecule has 0 aliphatic rings. The van der Waals surface area contributed by atoms with Gasteiger partial charge >= 0.3 is 5.97 Å². The molecule has 0 bridgehead atoms. The Morgan fingerprint density at radius 1 is 1.04 bits per heavy atom. The maximum Gasteiger partial charge on any atom is 0.335 e. The normalized spacial score (nSPS) is 12.0. The third-order valence-corrected chi connectivity index (χ3v) is 7.26. The van der Waals surface area contributed by atoms with Gasteiger partial charge in [-0.1, -0.05) is 6.07 Å². The first-order chi connectivity index (χ1) is 12.9. The molecular weight excluding hydrogens is 408 g/mol. The molecule has 11 heteroatoms. The van der Waals surface area contributed by atoms with Gasteiger partial charge in [0.2, 0.25) is 10.0 Å². The van der Waals surface area contributed by atoms with Crippen LogP contribution < -0.4 is 9.46 Å². The largest absolute Gasteiger partial charge is 0.495 e. The molecule has 0 spiro atoms. The molecule has 28 heavy (non-hydrogen) atoms. The molecule has 0 saturated carbocycles. The number of rotatable bonds is 7. The van der Waals surface area contributed by atoms with Crippen LogP contribution in [0.5, 0.6) is 5.75 Å². The van der Waals surface area contributed by atoms with Gasteiger partial charge in [0.1, 0.15) is 10.6 Å². The third kappa shape index (κ3) is 4.26. The Kier molecular flexibility index (Phi) is 6.02. The van der Waals surface area contributed by atoms with E-state index in [1.807, 2.05) is 0 Å². The Morgan fingerprint density at radius 3 is 2.21 bits per heavy atom. The van der Waals surface area contributed by atoms with Crippen LogP contribution >= 0.6 is 0 Å². The number of ether oxygens (including phenoxy) is 1.